The second kappa shape index (κ2) is 6.91. The Balaban J connectivity index is 1.96. The van der Waals surface area contributed by atoms with Crippen LogP contribution in [-0.4, -0.2) is 36.6 Å². The number of aliphatic carboxylic acids is 1. The molecule has 6 nitrogen and oxygen atoms in total. The molecule has 0 amide bonds. The maximum atomic E-state index is 10.8. The van der Waals surface area contributed by atoms with Gasteiger partial charge in [0.15, 0.2) is 11.0 Å². The highest BCUT2D eigenvalue weighted by molar-refractivity contribution is 7.99. The van der Waals surface area contributed by atoms with E-state index < -0.39 is 5.97 Å². The number of pyridine rings is 1. The summed E-state index contributed by atoms with van der Waals surface area (Å²) in [5, 5.41) is 18.1. The van der Waals surface area contributed by atoms with Crippen LogP contribution in [0, 0.1) is 0 Å². The van der Waals surface area contributed by atoms with E-state index in [4.69, 9.17) is 5.11 Å². The van der Waals surface area contributed by atoms with E-state index >= 15 is 0 Å². The fourth-order valence-corrected chi connectivity index (χ4v) is 3.59. The summed E-state index contributed by atoms with van der Waals surface area (Å²) in [5.41, 5.74) is 0.919. The highest BCUT2D eigenvalue weighted by Gasteiger charge is 2.24. The lowest BCUT2D eigenvalue weighted by atomic mass is 9.95. The van der Waals surface area contributed by atoms with Crippen molar-refractivity contribution in [1.82, 2.24) is 19.7 Å². The minimum atomic E-state index is -0.842. The van der Waals surface area contributed by atoms with Gasteiger partial charge in [-0.25, -0.2) is 0 Å². The normalized spacial score (nSPS) is 15.8. The second-order valence-corrected chi connectivity index (χ2v) is 6.33. The predicted octanol–water partition coefficient (Wildman–Crippen LogP) is 3.02. The molecule has 2 heterocycles. The zero-order valence-electron chi connectivity index (χ0n) is 12.2. The first-order chi connectivity index (χ1) is 10.8. The Labute approximate surface area is 133 Å². The fourth-order valence-electron chi connectivity index (χ4n) is 2.86. The molecule has 0 aromatic carbocycles. The molecule has 22 heavy (non-hydrogen) atoms. The first-order valence-corrected chi connectivity index (χ1v) is 8.44. The van der Waals surface area contributed by atoms with Crippen LogP contribution in [0.1, 0.15) is 38.1 Å². The Morgan fingerprint density at radius 3 is 2.82 bits per heavy atom. The monoisotopic (exact) mass is 318 g/mol. The molecular formula is C15H18N4O2S. The lowest BCUT2D eigenvalue weighted by Gasteiger charge is -2.25. The van der Waals surface area contributed by atoms with E-state index in [2.05, 4.69) is 19.7 Å². The van der Waals surface area contributed by atoms with Crippen LogP contribution in [0.3, 0.4) is 0 Å². The first-order valence-electron chi connectivity index (χ1n) is 7.45. The minimum absolute atomic E-state index is 0.00209. The summed E-state index contributed by atoms with van der Waals surface area (Å²) in [6.45, 7) is 0. The largest absolute Gasteiger partial charge is 0.481 e. The molecule has 0 radical (unpaired) electrons. The summed E-state index contributed by atoms with van der Waals surface area (Å²) < 4.78 is 2.11. The highest BCUT2D eigenvalue weighted by atomic mass is 32.2. The van der Waals surface area contributed by atoms with Gasteiger partial charge in [0, 0.05) is 24.0 Å². The van der Waals surface area contributed by atoms with Crippen molar-refractivity contribution < 1.29 is 9.90 Å². The van der Waals surface area contributed by atoms with E-state index in [1.54, 1.807) is 12.4 Å². The van der Waals surface area contributed by atoms with Crippen LogP contribution in [0.2, 0.25) is 0 Å². The van der Waals surface area contributed by atoms with Crippen LogP contribution < -0.4 is 0 Å². The average molecular weight is 318 g/mol. The molecule has 0 saturated heterocycles. The van der Waals surface area contributed by atoms with E-state index in [0.29, 0.717) is 11.2 Å². The molecule has 3 rings (SSSR count). The lowest BCUT2D eigenvalue weighted by molar-refractivity contribution is -0.133. The van der Waals surface area contributed by atoms with E-state index in [9.17, 15) is 4.79 Å². The number of rotatable bonds is 5. The topological polar surface area (TPSA) is 80.9 Å². The smallest absolute Gasteiger partial charge is 0.313 e. The number of carboxylic acid groups (broad SMARTS) is 1. The van der Waals surface area contributed by atoms with Gasteiger partial charge in [0.2, 0.25) is 0 Å². The van der Waals surface area contributed by atoms with Crippen molar-refractivity contribution in [3.8, 4) is 11.4 Å². The number of carboxylic acids is 1. The molecule has 116 valence electrons. The summed E-state index contributed by atoms with van der Waals surface area (Å²) >= 11 is 1.23. The van der Waals surface area contributed by atoms with Crippen LogP contribution >= 0.6 is 11.8 Å². The Bertz CT molecular complexity index is 638. The SMILES string of the molecule is O=C(O)CSc1nnc(-c2cccnc2)n1C1CCCCC1. The molecule has 0 unspecified atom stereocenters. The number of hydrogen-bond acceptors (Lipinski definition) is 5. The highest BCUT2D eigenvalue weighted by Crippen LogP contribution is 2.35. The molecule has 1 aliphatic carbocycles. The minimum Gasteiger partial charge on any atom is -0.481 e. The average Bonchev–Trinajstić information content (AvgIpc) is 2.98. The van der Waals surface area contributed by atoms with Crippen molar-refractivity contribution in [2.75, 3.05) is 5.75 Å². The quantitative estimate of drug-likeness (QED) is 0.854. The van der Waals surface area contributed by atoms with E-state index in [1.165, 1.54) is 31.0 Å². The maximum absolute atomic E-state index is 10.8. The summed E-state index contributed by atoms with van der Waals surface area (Å²) in [7, 11) is 0. The van der Waals surface area contributed by atoms with E-state index in [0.717, 1.165) is 24.2 Å². The summed E-state index contributed by atoms with van der Waals surface area (Å²) in [4.78, 5) is 15.0. The lowest BCUT2D eigenvalue weighted by Crippen LogP contribution is -2.15. The van der Waals surface area contributed by atoms with E-state index in [1.807, 2.05) is 12.1 Å². The van der Waals surface area contributed by atoms with Crippen molar-refractivity contribution in [2.45, 2.75) is 43.3 Å². The Kier molecular flexibility index (Phi) is 4.72. The number of carbonyl (C=O) groups is 1. The molecule has 1 fully saturated rings. The van der Waals surface area contributed by atoms with Gasteiger partial charge in [0.1, 0.15) is 0 Å². The van der Waals surface area contributed by atoms with Gasteiger partial charge in [-0.1, -0.05) is 31.0 Å². The molecule has 1 aliphatic rings. The number of aromatic nitrogens is 4. The van der Waals surface area contributed by atoms with Crippen molar-refractivity contribution in [3.63, 3.8) is 0 Å². The number of thioether (sulfide) groups is 1. The van der Waals surface area contributed by atoms with Crippen LogP contribution in [0.4, 0.5) is 0 Å². The van der Waals surface area contributed by atoms with Gasteiger partial charge < -0.3 is 5.11 Å². The van der Waals surface area contributed by atoms with Gasteiger partial charge in [-0.15, -0.1) is 10.2 Å². The third-order valence-electron chi connectivity index (χ3n) is 3.85. The molecule has 2 aromatic rings. The van der Waals surface area contributed by atoms with Gasteiger partial charge in [-0.05, 0) is 25.0 Å². The van der Waals surface area contributed by atoms with Crippen LogP contribution in [-0.2, 0) is 4.79 Å². The van der Waals surface area contributed by atoms with Crippen molar-refractivity contribution >= 4 is 17.7 Å². The molecule has 2 aromatic heterocycles. The second-order valence-electron chi connectivity index (χ2n) is 5.39. The molecule has 0 bridgehead atoms. The van der Waals surface area contributed by atoms with Crippen LogP contribution in [0.15, 0.2) is 29.7 Å². The van der Waals surface area contributed by atoms with Gasteiger partial charge in [-0.3, -0.25) is 14.3 Å². The Morgan fingerprint density at radius 2 is 2.14 bits per heavy atom. The molecule has 0 aliphatic heterocycles. The predicted molar refractivity (Wildman–Crippen MR) is 83.7 cm³/mol. The Morgan fingerprint density at radius 1 is 1.32 bits per heavy atom. The van der Waals surface area contributed by atoms with Gasteiger partial charge in [0.05, 0.1) is 5.75 Å². The van der Waals surface area contributed by atoms with Crippen LogP contribution in [0.25, 0.3) is 11.4 Å². The zero-order chi connectivity index (χ0) is 15.4. The van der Waals surface area contributed by atoms with Crippen molar-refractivity contribution in [1.29, 1.82) is 0 Å². The molecule has 1 N–H and O–H groups in total. The third-order valence-corrected chi connectivity index (χ3v) is 4.78. The molecular weight excluding hydrogens is 300 g/mol. The maximum Gasteiger partial charge on any atom is 0.313 e. The van der Waals surface area contributed by atoms with Crippen LogP contribution in [0.5, 0.6) is 0 Å². The Hall–Kier alpha value is -1.89. The van der Waals surface area contributed by atoms with Gasteiger partial charge in [0.25, 0.3) is 0 Å². The third kappa shape index (κ3) is 3.30. The van der Waals surface area contributed by atoms with Gasteiger partial charge in [-0.2, -0.15) is 0 Å². The molecule has 0 spiro atoms. The zero-order valence-corrected chi connectivity index (χ0v) is 13.0. The summed E-state index contributed by atoms with van der Waals surface area (Å²) in [6.07, 6.45) is 9.33. The summed E-state index contributed by atoms with van der Waals surface area (Å²) in [5.74, 6) is -0.0586. The number of hydrogen-bond donors (Lipinski definition) is 1. The summed E-state index contributed by atoms with van der Waals surface area (Å²) in [6, 6.07) is 4.18. The number of nitrogens with zero attached hydrogens (tertiary/aromatic N) is 4. The van der Waals surface area contributed by atoms with Gasteiger partial charge >= 0.3 is 5.97 Å². The molecule has 0 atom stereocenters. The fraction of sp³-hybridized carbons (Fsp3) is 0.467. The van der Waals surface area contributed by atoms with E-state index in [-0.39, 0.29) is 5.75 Å². The molecule has 1 saturated carbocycles. The standard InChI is InChI=1S/C15H18N4O2S/c20-13(21)10-22-15-18-17-14(11-5-4-8-16-9-11)19(15)12-6-2-1-3-7-12/h4-5,8-9,12H,1-3,6-7,10H2,(H,20,21). The van der Waals surface area contributed by atoms with Crippen molar-refractivity contribution in [3.05, 3.63) is 24.5 Å². The molecule has 7 heteroatoms. The van der Waals surface area contributed by atoms with Crippen molar-refractivity contribution in [2.24, 2.45) is 0 Å². The first kappa shape index (κ1) is 15.0.